The molecule has 0 saturated heterocycles. The molecule has 0 rings (SSSR count). The number of carbonyl (C=O) groups is 3. The van der Waals surface area contributed by atoms with E-state index >= 15 is 0 Å². The molecule has 0 bridgehead atoms. The Morgan fingerprint density at radius 2 is 0.487 bits per heavy atom. The van der Waals surface area contributed by atoms with Crippen molar-refractivity contribution in [1.82, 2.24) is 0 Å². The summed E-state index contributed by atoms with van der Waals surface area (Å²) >= 11 is 0. The van der Waals surface area contributed by atoms with Gasteiger partial charge in [-0.2, -0.15) is 0 Å². The van der Waals surface area contributed by atoms with Crippen molar-refractivity contribution >= 4 is 17.9 Å². The van der Waals surface area contributed by atoms with Crippen LogP contribution in [0.25, 0.3) is 0 Å². The highest BCUT2D eigenvalue weighted by atomic mass is 16.6. The molecule has 1 atom stereocenters. The van der Waals surface area contributed by atoms with Crippen LogP contribution in [0.1, 0.15) is 348 Å². The van der Waals surface area contributed by atoms with Gasteiger partial charge in [0, 0.05) is 19.3 Å². The standard InChI is InChI=1S/C74H130O6/c1-4-7-10-13-16-19-22-25-28-31-34-36-37-39-40-43-46-49-52-55-58-61-64-67-73(76)79-70-71(69-78-72(75)66-63-60-57-54-51-48-45-42-33-30-27-24-21-18-15-12-9-6-3)80-74(77)68-65-62-59-56-53-50-47-44-41-38-35-32-29-26-23-20-17-14-11-8-5-2/h8,11,17,20,22,25-26,29,31,34-35,38,44,47,71H,4-7,9-10,12-16,18-19,21,23-24,27-28,30,32-33,36-37,39-43,45-46,48-70H2,1-3H3/b11-8-,20-17-,25-22-,29-26-,34-31-,38-35-,47-44-. The number of unbranched alkanes of at least 4 members (excludes halogenated alkanes) is 38. The Labute approximate surface area is 496 Å². The van der Waals surface area contributed by atoms with Crippen LogP contribution in [-0.2, 0) is 28.6 Å². The summed E-state index contributed by atoms with van der Waals surface area (Å²) < 4.78 is 17.0. The minimum absolute atomic E-state index is 0.0819. The topological polar surface area (TPSA) is 78.9 Å². The molecule has 0 fully saturated rings. The Kier molecular flexibility index (Phi) is 65.2. The van der Waals surface area contributed by atoms with Gasteiger partial charge in [-0.3, -0.25) is 14.4 Å². The van der Waals surface area contributed by atoms with Gasteiger partial charge in [-0.25, -0.2) is 0 Å². The van der Waals surface area contributed by atoms with Gasteiger partial charge >= 0.3 is 17.9 Å². The van der Waals surface area contributed by atoms with Crippen LogP contribution in [0.5, 0.6) is 0 Å². The van der Waals surface area contributed by atoms with Crippen LogP contribution in [-0.4, -0.2) is 37.2 Å². The second-order valence-corrected chi connectivity index (χ2v) is 23.1. The molecule has 0 saturated carbocycles. The largest absolute Gasteiger partial charge is 0.462 e. The summed E-state index contributed by atoms with van der Waals surface area (Å²) in [5.41, 5.74) is 0. The van der Waals surface area contributed by atoms with Crippen LogP contribution in [0.2, 0.25) is 0 Å². The normalized spacial score (nSPS) is 12.6. The fourth-order valence-corrected chi connectivity index (χ4v) is 9.97. The van der Waals surface area contributed by atoms with Gasteiger partial charge in [0.2, 0.25) is 0 Å². The molecule has 0 aliphatic rings. The third-order valence-electron chi connectivity index (χ3n) is 15.1. The van der Waals surface area contributed by atoms with Crippen molar-refractivity contribution < 1.29 is 28.6 Å². The first-order chi connectivity index (χ1) is 39.5. The maximum absolute atomic E-state index is 13.0. The average Bonchev–Trinajstić information content (AvgIpc) is 3.46. The molecule has 0 aromatic heterocycles. The van der Waals surface area contributed by atoms with Gasteiger partial charge in [-0.1, -0.05) is 318 Å². The fraction of sp³-hybridized carbons (Fsp3) is 0.770. The molecule has 0 radical (unpaired) electrons. The second-order valence-electron chi connectivity index (χ2n) is 23.1. The van der Waals surface area contributed by atoms with Crippen LogP contribution in [0.3, 0.4) is 0 Å². The molecule has 0 aliphatic heterocycles. The van der Waals surface area contributed by atoms with Crippen molar-refractivity contribution in [3.8, 4) is 0 Å². The summed E-state index contributed by atoms with van der Waals surface area (Å²) in [5, 5.41) is 0. The van der Waals surface area contributed by atoms with E-state index in [2.05, 4.69) is 106 Å². The highest BCUT2D eigenvalue weighted by Crippen LogP contribution is 2.17. The lowest BCUT2D eigenvalue weighted by Gasteiger charge is -2.18. The highest BCUT2D eigenvalue weighted by Gasteiger charge is 2.19. The molecule has 0 aromatic carbocycles. The van der Waals surface area contributed by atoms with Gasteiger partial charge in [-0.05, 0) is 96.3 Å². The summed E-state index contributed by atoms with van der Waals surface area (Å²) in [6, 6.07) is 0. The number of ether oxygens (including phenoxy) is 3. The van der Waals surface area contributed by atoms with E-state index in [1.807, 2.05) is 0 Å². The Bertz CT molecular complexity index is 1520. The van der Waals surface area contributed by atoms with Gasteiger partial charge < -0.3 is 14.2 Å². The van der Waals surface area contributed by atoms with Crippen LogP contribution < -0.4 is 0 Å². The summed E-state index contributed by atoms with van der Waals surface area (Å²) in [6.07, 6.45) is 90.2. The molecular weight excluding hydrogens is 985 g/mol. The Hall–Kier alpha value is -3.41. The van der Waals surface area contributed by atoms with Crippen LogP contribution in [0, 0.1) is 0 Å². The van der Waals surface area contributed by atoms with E-state index in [4.69, 9.17) is 14.2 Å². The van der Waals surface area contributed by atoms with Crippen molar-refractivity contribution in [1.29, 1.82) is 0 Å². The van der Waals surface area contributed by atoms with E-state index in [0.29, 0.717) is 19.3 Å². The van der Waals surface area contributed by atoms with E-state index in [0.717, 1.165) is 116 Å². The maximum Gasteiger partial charge on any atom is 0.306 e. The van der Waals surface area contributed by atoms with Gasteiger partial charge in [-0.15, -0.1) is 0 Å². The predicted octanol–water partition coefficient (Wildman–Crippen LogP) is 23.8. The Morgan fingerprint density at radius 1 is 0.263 bits per heavy atom. The summed E-state index contributed by atoms with van der Waals surface area (Å²) in [6.45, 7) is 6.55. The smallest absolute Gasteiger partial charge is 0.306 e. The summed E-state index contributed by atoms with van der Waals surface area (Å²) in [4.78, 5) is 38.5. The Balaban J connectivity index is 4.39. The lowest BCUT2D eigenvalue weighted by molar-refractivity contribution is -0.167. The lowest BCUT2D eigenvalue weighted by atomic mass is 10.0. The number of esters is 3. The molecular formula is C74H130O6. The summed E-state index contributed by atoms with van der Waals surface area (Å²) in [7, 11) is 0. The molecule has 1 unspecified atom stereocenters. The molecule has 0 spiro atoms. The van der Waals surface area contributed by atoms with Gasteiger partial charge in [0.05, 0.1) is 0 Å². The van der Waals surface area contributed by atoms with Crippen molar-refractivity contribution in [3.63, 3.8) is 0 Å². The quantitative estimate of drug-likeness (QED) is 0.0261. The van der Waals surface area contributed by atoms with Gasteiger partial charge in [0.15, 0.2) is 6.10 Å². The minimum Gasteiger partial charge on any atom is -0.462 e. The molecule has 0 heterocycles. The van der Waals surface area contributed by atoms with E-state index < -0.39 is 6.10 Å². The van der Waals surface area contributed by atoms with Crippen LogP contribution in [0.4, 0.5) is 0 Å². The third kappa shape index (κ3) is 65.4. The lowest BCUT2D eigenvalue weighted by Crippen LogP contribution is -2.30. The summed E-state index contributed by atoms with van der Waals surface area (Å²) in [5.74, 6) is -0.884. The molecule has 0 N–H and O–H groups in total. The van der Waals surface area contributed by atoms with Crippen molar-refractivity contribution in [3.05, 3.63) is 85.1 Å². The van der Waals surface area contributed by atoms with Crippen LogP contribution >= 0.6 is 0 Å². The third-order valence-corrected chi connectivity index (χ3v) is 15.1. The molecule has 0 aromatic rings. The Morgan fingerprint density at radius 3 is 0.762 bits per heavy atom. The number of hydrogen-bond acceptors (Lipinski definition) is 6. The predicted molar refractivity (Wildman–Crippen MR) is 348 cm³/mol. The first kappa shape index (κ1) is 76.6. The average molecular weight is 1120 g/mol. The molecule has 462 valence electrons. The van der Waals surface area contributed by atoms with Crippen LogP contribution in [0.15, 0.2) is 85.1 Å². The van der Waals surface area contributed by atoms with E-state index in [9.17, 15) is 14.4 Å². The molecule has 0 aliphatic carbocycles. The number of carbonyl (C=O) groups excluding carboxylic acids is 3. The monoisotopic (exact) mass is 1110 g/mol. The zero-order chi connectivity index (χ0) is 57.8. The highest BCUT2D eigenvalue weighted by molar-refractivity contribution is 5.71. The molecule has 6 heteroatoms. The molecule has 0 amide bonds. The first-order valence-electron chi connectivity index (χ1n) is 34.6. The first-order valence-corrected chi connectivity index (χ1v) is 34.6. The zero-order valence-corrected chi connectivity index (χ0v) is 53.1. The van der Waals surface area contributed by atoms with Crippen molar-refractivity contribution in [2.45, 2.75) is 354 Å². The molecule has 6 nitrogen and oxygen atoms in total. The van der Waals surface area contributed by atoms with E-state index in [1.54, 1.807) is 0 Å². The number of hydrogen-bond donors (Lipinski definition) is 0. The molecule has 80 heavy (non-hydrogen) atoms. The number of rotatable bonds is 63. The zero-order valence-electron chi connectivity index (χ0n) is 53.1. The maximum atomic E-state index is 13.0. The van der Waals surface area contributed by atoms with Gasteiger partial charge in [0.1, 0.15) is 13.2 Å². The van der Waals surface area contributed by atoms with Crippen molar-refractivity contribution in [2.75, 3.05) is 13.2 Å². The van der Waals surface area contributed by atoms with Gasteiger partial charge in [0.25, 0.3) is 0 Å². The van der Waals surface area contributed by atoms with E-state index in [-0.39, 0.29) is 31.1 Å². The second kappa shape index (κ2) is 68.1. The van der Waals surface area contributed by atoms with Crippen molar-refractivity contribution in [2.24, 2.45) is 0 Å². The number of allylic oxidation sites excluding steroid dienone is 14. The van der Waals surface area contributed by atoms with E-state index in [1.165, 1.54) is 193 Å². The fourth-order valence-electron chi connectivity index (χ4n) is 9.97. The minimum atomic E-state index is -0.789. The SMILES string of the molecule is CC/C=C\C/C=C\C/C=C\C/C=C\C/C=C\CCCCCCCC(=O)OC(COC(=O)CCCCCCCCCCCCC/C=C\C/C=C\CCCCCCC)COC(=O)CCCCCCCCCCCCCCCCCCCC.